The van der Waals surface area contributed by atoms with Crippen molar-refractivity contribution in [2.75, 3.05) is 11.9 Å². The van der Waals surface area contributed by atoms with E-state index in [1.807, 2.05) is 84.2 Å². The van der Waals surface area contributed by atoms with Crippen molar-refractivity contribution in [3.05, 3.63) is 107 Å². The number of aliphatic imine (C=N–C) groups is 1. The lowest BCUT2D eigenvalue weighted by atomic mass is 10.1. The molecule has 4 aromatic rings. The first kappa shape index (κ1) is 21.7. The molecule has 0 saturated heterocycles. The first-order chi connectivity index (χ1) is 15.8. The van der Waals surface area contributed by atoms with E-state index in [4.69, 9.17) is 10.5 Å². The minimum atomic E-state index is 0.564. The van der Waals surface area contributed by atoms with Crippen LogP contribution in [0.2, 0.25) is 0 Å². The lowest BCUT2D eigenvalue weighted by Crippen LogP contribution is -2.10. The number of thiophene rings is 1. The lowest BCUT2D eigenvalue weighted by Gasteiger charge is -2.09. The van der Waals surface area contributed by atoms with Crippen LogP contribution in [0.25, 0.3) is 0 Å². The number of nitrogens with one attached hydrogen (secondary N) is 1. The van der Waals surface area contributed by atoms with E-state index in [9.17, 15) is 0 Å². The van der Waals surface area contributed by atoms with Crippen molar-refractivity contribution in [3.8, 4) is 5.75 Å². The van der Waals surface area contributed by atoms with Gasteiger partial charge >= 0.3 is 0 Å². The fourth-order valence-electron chi connectivity index (χ4n) is 3.30. The Labute approximate surface area is 193 Å². The molecule has 162 valence electrons. The fourth-order valence-corrected chi connectivity index (χ4v) is 3.93. The summed E-state index contributed by atoms with van der Waals surface area (Å²) in [6, 6.07) is 30.5. The molecule has 0 aliphatic carbocycles. The van der Waals surface area contributed by atoms with E-state index in [-0.39, 0.29) is 0 Å². The third-order valence-electron chi connectivity index (χ3n) is 5.00. The number of amidine groups is 1. The van der Waals surface area contributed by atoms with Gasteiger partial charge in [0.15, 0.2) is 0 Å². The molecule has 0 radical (unpaired) electrons. The number of nitrogens with zero attached hydrogens (tertiary/aromatic N) is 1. The lowest BCUT2D eigenvalue weighted by molar-refractivity contribution is 0.307. The van der Waals surface area contributed by atoms with Crippen LogP contribution >= 0.6 is 11.3 Å². The highest BCUT2D eigenvalue weighted by atomic mass is 32.1. The molecule has 4 nitrogen and oxygen atoms in total. The molecule has 3 N–H and O–H groups in total. The molecule has 0 atom stereocenters. The summed E-state index contributed by atoms with van der Waals surface area (Å²) < 4.78 is 5.89. The molecular formula is C27H27N3OS. The van der Waals surface area contributed by atoms with Crippen molar-refractivity contribution < 1.29 is 4.74 Å². The largest absolute Gasteiger partial charge is 0.494 e. The number of hydrogen-bond donors (Lipinski definition) is 2. The average Bonchev–Trinajstić information content (AvgIpc) is 3.37. The number of anilines is 2. The van der Waals surface area contributed by atoms with Crippen molar-refractivity contribution in [2.24, 2.45) is 10.7 Å². The van der Waals surface area contributed by atoms with E-state index in [0.717, 1.165) is 47.0 Å². The van der Waals surface area contributed by atoms with Gasteiger partial charge in [-0.05, 0) is 84.8 Å². The van der Waals surface area contributed by atoms with Crippen LogP contribution < -0.4 is 15.8 Å². The highest BCUT2D eigenvalue weighted by Gasteiger charge is 2.01. The fraction of sp³-hybridized carbons (Fsp3) is 0.148. The van der Waals surface area contributed by atoms with Crippen molar-refractivity contribution in [3.63, 3.8) is 0 Å². The van der Waals surface area contributed by atoms with E-state index >= 15 is 0 Å². The molecule has 0 saturated carbocycles. The number of para-hydroxylation sites is 1. The third-order valence-corrected chi connectivity index (χ3v) is 5.90. The number of hydrogen-bond acceptors (Lipinski definition) is 4. The van der Waals surface area contributed by atoms with E-state index in [1.165, 1.54) is 5.56 Å². The van der Waals surface area contributed by atoms with Crippen LogP contribution in [0.5, 0.6) is 5.75 Å². The summed E-state index contributed by atoms with van der Waals surface area (Å²) in [5.74, 6) is 1.46. The molecule has 5 heteroatoms. The highest BCUT2D eigenvalue weighted by molar-refractivity contribution is 7.12. The Hall–Kier alpha value is -3.57. The van der Waals surface area contributed by atoms with Crippen molar-refractivity contribution >= 4 is 34.2 Å². The number of rotatable bonds is 10. The number of unbranched alkanes of at least 4 members (excludes halogenated alkanes) is 1. The van der Waals surface area contributed by atoms with Crippen LogP contribution in [0, 0.1) is 0 Å². The van der Waals surface area contributed by atoms with Crippen molar-refractivity contribution in [1.82, 2.24) is 0 Å². The average molecular weight is 442 g/mol. The molecule has 0 unspecified atom stereocenters. The van der Waals surface area contributed by atoms with Gasteiger partial charge in [-0.3, -0.25) is 0 Å². The summed E-state index contributed by atoms with van der Waals surface area (Å²) in [6.07, 6.45) is 3.11. The maximum Gasteiger partial charge on any atom is 0.141 e. The van der Waals surface area contributed by atoms with Gasteiger partial charge in [0.05, 0.1) is 17.2 Å². The van der Waals surface area contributed by atoms with Crippen LogP contribution in [0.4, 0.5) is 17.1 Å². The number of aryl methyl sites for hydroxylation is 1. The minimum Gasteiger partial charge on any atom is -0.494 e. The van der Waals surface area contributed by atoms with Gasteiger partial charge in [-0.2, -0.15) is 0 Å². The van der Waals surface area contributed by atoms with Crippen LogP contribution in [0.15, 0.2) is 101 Å². The Bertz CT molecular complexity index is 1110. The van der Waals surface area contributed by atoms with Crippen molar-refractivity contribution in [1.29, 1.82) is 0 Å². The predicted molar refractivity (Wildman–Crippen MR) is 136 cm³/mol. The van der Waals surface area contributed by atoms with Crippen LogP contribution in [-0.4, -0.2) is 12.4 Å². The van der Waals surface area contributed by atoms with Crippen molar-refractivity contribution in [2.45, 2.75) is 19.3 Å². The molecule has 0 fully saturated rings. The number of nitrogens with two attached hydrogens (primary N) is 1. The molecule has 0 aliphatic rings. The van der Waals surface area contributed by atoms with E-state index in [2.05, 4.69) is 22.4 Å². The standard InChI is InChI=1S/C27H27N3OS/c28-27(26-10-6-20-32-26)30-24-13-11-21(12-14-24)7-4-5-19-31-25-17-15-23(16-18-25)29-22-8-2-1-3-9-22/h1-3,6,8-18,20,29H,4-5,7,19H2,(H2,28,30). The molecule has 32 heavy (non-hydrogen) atoms. The zero-order chi connectivity index (χ0) is 22.0. The van der Waals surface area contributed by atoms with Gasteiger partial charge in [0.2, 0.25) is 0 Å². The molecule has 0 amide bonds. The number of benzene rings is 3. The van der Waals surface area contributed by atoms with Crippen LogP contribution in [-0.2, 0) is 6.42 Å². The Morgan fingerprint density at radius 1 is 0.812 bits per heavy atom. The summed E-state index contributed by atoms with van der Waals surface area (Å²) in [4.78, 5) is 5.49. The molecule has 0 aliphatic heterocycles. The summed E-state index contributed by atoms with van der Waals surface area (Å²) >= 11 is 1.60. The molecule has 0 bridgehead atoms. The predicted octanol–water partition coefficient (Wildman–Crippen LogP) is 6.93. The Morgan fingerprint density at radius 3 is 2.28 bits per heavy atom. The molecule has 4 rings (SSSR count). The SMILES string of the molecule is NC(=Nc1ccc(CCCCOc2ccc(Nc3ccccc3)cc2)cc1)c1cccs1. The van der Waals surface area contributed by atoms with Gasteiger partial charge in [-0.15, -0.1) is 11.3 Å². The van der Waals surface area contributed by atoms with Crippen LogP contribution in [0.1, 0.15) is 23.3 Å². The van der Waals surface area contributed by atoms with Crippen LogP contribution in [0.3, 0.4) is 0 Å². The summed E-state index contributed by atoms with van der Waals surface area (Å²) in [6.45, 7) is 0.713. The van der Waals surface area contributed by atoms with Gasteiger partial charge in [0.1, 0.15) is 11.6 Å². The number of ether oxygens (including phenoxy) is 1. The maximum atomic E-state index is 6.06. The summed E-state index contributed by atoms with van der Waals surface area (Å²) in [5.41, 5.74) is 10.4. The third kappa shape index (κ3) is 6.46. The Balaban J connectivity index is 1.17. The highest BCUT2D eigenvalue weighted by Crippen LogP contribution is 2.20. The molecule has 0 spiro atoms. The Kier molecular flexibility index (Phi) is 7.55. The first-order valence-corrected chi connectivity index (χ1v) is 11.7. The first-order valence-electron chi connectivity index (χ1n) is 10.8. The quantitative estimate of drug-likeness (QED) is 0.159. The summed E-state index contributed by atoms with van der Waals surface area (Å²) in [5, 5.41) is 5.38. The van der Waals surface area contributed by atoms with Gasteiger partial charge in [-0.1, -0.05) is 36.4 Å². The second kappa shape index (κ2) is 11.2. The zero-order valence-electron chi connectivity index (χ0n) is 17.9. The second-order valence-electron chi connectivity index (χ2n) is 7.46. The van der Waals surface area contributed by atoms with Gasteiger partial charge < -0.3 is 15.8 Å². The maximum absolute atomic E-state index is 6.06. The minimum absolute atomic E-state index is 0.564. The molecular weight excluding hydrogens is 414 g/mol. The Morgan fingerprint density at radius 2 is 1.56 bits per heavy atom. The normalized spacial score (nSPS) is 11.3. The smallest absolute Gasteiger partial charge is 0.141 e. The second-order valence-corrected chi connectivity index (χ2v) is 8.41. The van der Waals surface area contributed by atoms with E-state index < -0.39 is 0 Å². The van der Waals surface area contributed by atoms with Gasteiger partial charge in [0.25, 0.3) is 0 Å². The van der Waals surface area contributed by atoms with Gasteiger partial charge in [0, 0.05) is 11.4 Å². The molecule has 1 heterocycles. The van der Waals surface area contributed by atoms with E-state index in [1.54, 1.807) is 11.3 Å². The summed E-state index contributed by atoms with van der Waals surface area (Å²) in [7, 11) is 0. The molecule has 3 aromatic carbocycles. The molecule has 1 aromatic heterocycles. The zero-order valence-corrected chi connectivity index (χ0v) is 18.7. The van der Waals surface area contributed by atoms with E-state index in [0.29, 0.717) is 12.4 Å². The monoisotopic (exact) mass is 441 g/mol. The van der Waals surface area contributed by atoms with Gasteiger partial charge in [-0.25, -0.2) is 4.99 Å². The topological polar surface area (TPSA) is 59.6 Å².